The Morgan fingerprint density at radius 2 is 1.80 bits per heavy atom. The Bertz CT molecular complexity index is 799. The first-order chi connectivity index (χ1) is 11.8. The molecule has 3 aliphatic rings. The lowest BCUT2D eigenvalue weighted by atomic mass is 9.56. The Kier molecular flexibility index (Phi) is 3.22. The van der Waals surface area contributed by atoms with Crippen LogP contribution in [0.1, 0.15) is 45.6 Å². The number of cyclic esters (lactones) is 2. The highest BCUT2D eigenvalue weighted by molar-refractivity contribution is 6.16. The van der Waals surface area contributed by atoms with Crippen molar-refractivity contribution in [1.82, 2.24) is 0 Å². The summed E-state index contributed by atoms with van der Waals surface area (Å²) in [4.78, 5) is 40.6. The summed E-state index contributed by atoms with van der Waals surface area (Å²) in [7, 11) is 0. The third-order valence-corrected chi connectivity index (χ3v) is 7.15. The SMILES string of the molecule is CC12CCC(C(=O)N3CCCc4ccccc43)(C(=O)OC1=O)C2(C)C. The number of fused-ring (bicyclic) bond motifs is 3. The molecule has 4 rings (SSSR count). The van der Waals surface area contributed by atoms with Gasteiger partial charge in [0.15, 0.2) is 5.41 Å². The molecule has 2 aliphatic heterocycles. The number of aryl methyl sites for hydroxylation is 1. The van der Waals surface area contributed by atoms with Gasteiger partial charge in [0, 0.05) is 17.6 Å². The maximum atomic E-state index is 13.7. The topological polar surface area (TPSA) is 63.7 Å². The molecule has 0 spiro atoms. The summed E-state index contributed by atoms with van der Waals surface area (Å²) < 4.78 is 5.09. The molecular formula is C20H23NO4. The van der Waals surface area contributed by atoms with E-state index in [4.69, 9.17) is 4.74 Å². The van der Waals surface area contributed by atoms with Crippen LogP contribution in [0.3, 0.4) is 0 Å². The van der Waals surface area contributed by atoms with Gasteiger partial charge in [-0.3, -0.25) is 14.4 Å². The van der Waals surface area contributed by atoms with E-state index in [9.17, 15) is 14.4 Å². The molecule has 0 N–H and O–H groups in total. The van der Waals surface area contributed by atoms with Crippen LogP contribution < -0.4 is 4.90 Å². The largest absolute Gasteiger partial charge is 0.392 e. The molecule has 1 saturated carbocycles. The number of para-hydroxylation sites is 1. The lowest BCUT2D eigenvalue weighted by Crippen LogP contribution is -2.63. The van der Waals surface area contributed by atoms with E-state index in [1.54, 1.807) is 4.90 Å². The molecule has 2 heterocycles. The Hall–Kier alpha value is -2.17. The molecule has 2 atom stereocenters. The molecular weight excluding hydrogens is 318 g/mol. The van der Waals surface area contributed by atoms with Gasteiger partial charge < -0.3 is 9.64 Å². The van der Waals surface area contributed by atoms with Crippen LogP contribution in [0.25, 0.3) is 0 Å². The molecule has 2 fully saturated rings. The van der Waals surface area contributed by atoms with Gasteiger partial charge >= 0.3 is 11.9 Å². The predicted molar refractivity (Wildman–Crippen MR) is 91.8 cm³/mol. The van der Waals surface area contributed by atoms with Crippen molar-refractivity contribution in [1.29, 1.82) is 0 Å². The smallest absolute Gasteiger partial charge is 0.329 e. The fourth-order valence-corrected chi connectivity index (χ4v) is 4.97. The molecule has 2 bridgehead atoms. The van der Waals surface area contributed by atoms with Gasteiger partial charge in [-0.1, -0.05) is 32.0 Å². The van der Waals surface area contributed by atoms with Crippen molar-refractivity contribution in [2.75, 3.05) is 11.4 Å². The first-order valence-electron chi connectivity index (χ1n) is 8.92. The van der Waals surface area contributed by atoms with Crippen molar-refractivity contribution in [3.63, 3.8) is 0 Å². The number of benzene rings is 1. The number of amides is 1. The minimum Gasteiger partial charge on any atom is -0.392 e. The van der Waals surface area contributed by atoms with Crippen LogP contribution in [-0.2, 0) is 25.5 Å². The molecule has 25 heavy (non-hydrogen) atoms. The highest BCUT2D eigenvalue weighted by atomic mass is 16.6. The number of nitrogens with zero attached hydrogens (tertiary/aromatic N) is 1. The zero-order valence-corrected chi connectivity index (χ0v) is 14.9. The third-order valence-electron chi connectivity index (χ3n) is 7.15. The molecule has 1 aromatic rings. The van der Waals surface area contributed by atoms with Crippen molar-refractivity contribution in [3.05, 3.63) is 29.8 Å². The third kappa shape index (κ3) is 1.76. The maximum absolute atomic E-state index is 13.7. The van der Waals surface area contributed by atoms with Crippen LogP contribution in [0, 0.1) is 16.2 Å². The second kappa shape index (κ2) is 4.93. The molecule has 0 radical (unpaired) electrons. The average molecular weight is 341 g/mol. The number of carbonyl (C=O) groups excluding carboxylic acids is 3. The Labute approximate surface area is 147 Å². The number of ether oxygens (including phenoxy) is 1. The highest BCUT2D eigenvalue weighted by Crippen LogP contribution is 2.67. The summed E-state index contributed by atoms with van der Waals surface area (Å²) in [5, 5.41) is 0. The van der Waals surface area contributed by atoms with Crippen molar-refractivity contribution in [3.8, 4) is 0 Å². The molecule has 1 aliphatic carbocycles. The van der Waals surface area contributed by atoms with Crippen LogP contribution in [0.4, 0.5) is 5.69 Å². The van der Waals surface area contributed by atoms with E-state index in [0.29, 0.717) is 19.4 Å². The van der Waals surface area contributed by atoms with Crippen molar-refractivity contribution >= 4 is 23.5 Å². The fourth-order valence-electron chi connectivity index (χ4n) is 4.97. The summed E-state index contributed by atoms with van der Waals surface area (Å²) in [5.41, 5.74) is -0.887. The molecule has 0 aromatic heterocycles. The number of rotatable bonds is 1. The van der Waals surface area contributed by atoms with Crippen LogP contribution >= 0.6 is 0 Å². The van der Waals surface area contributed by atoms with Gasteiger partial charge in [0.2, 0.25) is 5.91 Å². The van der Waals surface area contributed by atoms with Crippen molar-refractivity contribution in [2.45, 2.75) is 46.5 Å². The first-order valence-corrected chi connectivity index (χ1v) is 8.92. The Morgan fingerprint density at radius 1 is 1.08 bits per heavy atom. The molecule has 132 valence electrons. The monoisotopic (exact) mass is 341 g/mol. The predicted octanol–water partition coefficient (Wildman–Crippen LogP) is 2.86. The van der Waals surface area contributed by atoms with E-state index in [1.807, 2.05) is 45.0 Å². The van der Waals surface area contributed by atoms with Crippen LogP contribution in [-0.4, -0.2) is 24.4 Å². The molecule has 5 nitrogen and oxygen atoms in total. The maximum Gasteiger partial charge on any atom is 0.329 e. The standard InChI is InChI=1S/C20H23NO4/c1-18(2)19(3)10-11-20(18,17(24)25-16(19)23)15(22)21-12-6-8-13-7-4-5-9-14(13)21/h4-5,7,9H,6,8,10-12H2,1-3H3. The van der Waals surface area contributed by atoms with Gasteiger partial charge in [-0.05, 0) is 44.2 Å². The lowest BCUT2D eigenvalue weighted by Gasteiger charge is -2.49. The zero-order chi connectivity index (χ0) is 18.0. The molecule has 2 unspecified atom stereocenters. The molecule has 5 heteroatoms. The highest BCUT2D eigenvalue weighted by Gasteiger charge is 2.75. The van der Waals surface area contributed by atoms with E-state index in [0.717, 1.165) is 24.1 Å². The van der Waals surface area contributed by atoms with E-state index >= 15 is 0 Å². The van der Waals surface area contributed by atoms with Gasteiger partial charge in [0.05, 0.1) is 5.41 Å². The van der Waals surface area contributed by atoms with Gasteiger partial charge in [-0.25, -0.2) is 0 Å². The lowest BCUT2D eigenvalue weighted by molar-refractivity contribution is -0.196. The van der Waals surface area contributed by atoms with E-state index in [2.05, 4.69) is 0 Å². The number of carbonyl (C=O) groups is 3. The summed E-state index contributed by atoms with van der Waals surface area (Å²) in [6.07, 6.45) is 2.64. The minimum atomic E-state index is -1.29. The van der Waals surface area contributed by atoms with Crippen LogP contribution in [0.5, 0.6) is 0 Å². The fraction of sp³-hybridized carbons (Fsp3) is 0.550. The van der Waals surface area contributed by atoms with Crippen molar-refractivity contribution in [2.24, 2.45) is 16.2 Å². The molecule has 1 aromatic carbocycles. The molecule has 1 amide bonds. The zero-order valence-electron chi connectivity index (χ0n) is 14.9. The normalized spacial score (nSPS) is 33.0. The van der Waals surface area contributed by atoms with E-state index in [1.165, 1.54) is 0 Å². The van der Waals surface area contributed by atoms with Gasteiger partial charge in [0.25, 0.3) is 0 Å². The quantitative estimate of drug-likeness (QED) is 0.582. The van der Waals surface area contributed by atoms with Crippen LogP contribution in [0.2, 0.25) is 0 Å². The summed E-state index contributed by atoms with van der Waals surface area (Å²) >= 11 is 0. The van der Waals surface area contributed by atoms with Gasteiger partial charge in [-0.2, -0.15) is 0 Å². The first kappa shape index (κ1) is 16.3. The minimum absolute atomic E-state index is 0.217. The molecule has 1 saturated heterocycles. The van der Waals surface area contributed by atoms with Gasteiger partial charge in [-0.15, -0.1) is 0 Å². The summed E-state index contributed by atoms with van der Waals surface area (Å²) in [6, 6.07) is 7.84. The summed E-state index contributed by atoms with van der Waals surface area (Å²) in [5.74, 6) is -1.39. The van der Waals surface area contributed by atoms with Crippen LogP contribution in [0.15, 0.2) is 24.3 Å². The number of hydrogen-bond acceptors (Lipinski definition) is 4. The number of hydrogen-bond donors (Lipinski definition) is 0. The second-order valence-corrected chi connectivity index (χ2v) is 8.23. The van der Waals surface area contributed by atoms with Crippen molar-refractivity contribution < 1.29 is 19.1 Å². The summed E-state index contributed by atoms with van der Waals surface area (Å²) in [6.45, 7) is 6.14. The number of esters is 2. The second-order valence-electron chi connectivity index (χ2n) is 8.23. The van der Waals surface area contributed by atoms with Gasteiger partial charge in [0.1, 0.15) is 0 Å². The van der Waals surface area contributed by atoms with E-state index < -0.39 is 28.2 Å². The number of anilines is 1. The average Bonchev–Trinajstić information content (AvgIpc) is 2.74. The Morgan fingerprint density at radius 3 is 2.56 bits per heavy atom. The Balaban J connectivity index is 1.83. The van der Waals surface area contributed by atoms with E-state index in [-0.39, 0.29) is 5.91 Å².